The maximum absolute atomic E-state index is 13.2. The Bertz CT molecular complexity index is 1790. The van der Waals surface area contributed by atoms with Gasteiger partial charge in [-0.05, 0) is 44.2 Å². The summed E-state index contributed by atoms with van der Waals surface area (Å²) in [6.45, 7) is 4.98. The number of oxime groups is 1. The number of aromatic nitrogens is 2. The van der Waals surface area contributed by atoms with Crippen LogP contribution >= 0.6 is 11.3 Å². The number of anilines is 2. The minimum absolute atomic E-state index is 0.0609. The zero-order valence-electron chi connectivity index (χ0n) is 24.4. The Morgan fingerprint density at radius 2 is 2.02 bits per heavy atom. The van der Waals surface area contributed by atoms with Crippen LogP contribution in [0.3, 0.4) is 0 Å². The van der Waals surface area contributed by atoms with Crippen molar-refractivity contribution in [3.63, 3.8) is 0 Å². The number of amides is 2. The van der Waals surface area contributed by atoms with Crippen LogP contribution in [0.4, 0.5) is 10.9 Å². The number of carboxylic acids is 1. The third kappa shape index (κ3) is 7.42. The van der Waals surface area contributed by atoms with Gasteiger partial charge in [0, 0.05) is 36.3 Å². The number of benzene rings is 1. The number of β-lactam (4-membered cyclic amide) rings is 1. The molecule has 2 amide bonds. The number of hydrogen-bond donors (Lipinski definition) is 6. The van der Waals surface area contributed by atoms with Crippen LogP contribution < -0.4 is 26.4 Å². The first kappa shape index (κ1) is 32.8. The van der Waals surface area contributed by atoms with Crippen LogP contribution in [0.5, 0.6) is 5.75 Å². The number of hydroxylamine groups is 2. The maximum atomic E-state index is 13.2. The first-order valence-electron chi connectivity index (χ1n) is 13.7. The number of nitrogen functional groups attached to an aromatic ring is 1. The van der Waals surface area contributed by atoms with Crippen LogP contribution in [0.2, 0.25) is 0 Å². The van der Waals surface area contributed by atoms with Gasteiger partial charge < -0.3 is 36.4 Å². The van der Waals surface area contributed by atoms with Crippen molar-refractivity contribution in [3.8, 4) is 5.75 Å². The summed E-state index contributed by atoms with van der Waals surface area (Å²) in [5, 5.41) is 24.9. The molecule has 4 heterocycles. The lowest BCUT2D eigenvalue weighted by Gasteiger charge is -2.50. The van der Waals surface area contributed by atoms with Crippen molar-refractivity contribution in [1.82, 2.24) is 25.7 Å². The second-order valence-corrected chi connectivity index (χ2v) is 12.8. The van der Waals surface area contributed by atoms with Gasteiger partial charge in [0.15, 0.2) is 10.8 Å². The molecule has 0 saturated carbocycles. The molecule has 2 fully saturated rings. The molecule has 246 valence electrons. The summed E-state index contributed by atoms with van der Waals surface area (Å²) in [4.78, 5) is 51.5. The normalized spacial score (nSPS) is 18.8. The van der Waals surface area contributed by atoms with E-state index in [2.05, 4.69) is 35.4 Å². The zero-order chi connectivity index (χ0) is 33.2. The molecule has 18 nitrogen and oxygen atoms in total. The van der Waals surface area contributed by atoms with E-state index in [1.54, 1.807) is 18.2 Å². The van der Waals surface area contributed by atoms with Gasteiger partial charge in [0.1, 0.15) is 29.9 Å². The van der Waals surface area contributed by atoms with Gasteiger partial charge in [-0.1, -0.05) is 5.16 Å². The lowest BCUT2D eigenvalue weighted by Crippen LogP contribution is -2.76. The summed E-state index contributed by atoms with van der Waals surface area (Å²) in [5.41, 5.74) is 4.37. The highest BCUT2D eigenvalue weighted by atomic mass is 32.3. The van der Waals surface area contributed by atoms with Gasteiger partial charge in [0.25, 0.3) is 17.9 Å². The molecule has 3 aromatic rings. The molecule has 2 atom stereocenters. The van der Waals surface area contributed by atoms with Gasteiger partial charge in [-0.25, -0.2) is 14.8 Å². The van der Waals surface area contributed by atoms with E-state index in [1.807, 2.05) is 12.1 Å². The van der Waals surface area contributed by atoms with E-state index in [-0.39, 0.29) is 10.8 Å². The number of nitrogens with two attached hydrogens (primary N) is 1. The van der Waals surface area contributed by atoms with Crippen molar-refractivity contribution in [1.29, 1.82) is 0 Å². The molecule has 0 spiro atoms. The van der Waals surface area contributed by atoms with Crippen molar-refractivity contribution < 1.29 is 46.3 Å². The molecule has 2 aliphatic rings. The molecule has 20 heteroatoms. The Morgan fingerprint density at radius 3 is 2.63 bits per heavy atom. The first-order valence-corrected chi connectivity index (χ1v) is 15.9. The number of thiazole rings is 1. The quantitative estimate of drug-likeness (QED) is 0.0567. The molecule has 1 unspecified atom stereocenters. The van der Waals surface area contributed by atoms with Gasteiger partial charge in [0.05, 0.1) is 11.1 Å². The Labute approximate surface area is 265 Å². The Hall–Kier alpha value is -4.63. The third-order valence-corrected chi connectivity index (χ3v) is 8.16. The summed E-state index contributed by atoms with van der Waals surface area (Å²) in [7, 11) is -5.01. The molecule has 46 heavy (non-hydrogen) atoms. The maximum Gasteiger partial charge on any atom is 0.418 e. The summed E-state index contributed by atoms with van der Waals surface area (Å²) < 4.78 is 41.1. The summed E-state index contributed by atoms with van der Waals surface area (Å²) in [6.07, 6.45) is -1.68. The number of aliphatic carboxylic acids is 1. The number of nitrogens with one attached hydrogen (secondary N) is 3. The lowest BCUT2D eigenvalue weighted by molar-refractivity contribution is -0.218. The molecule has 5 rings (SSSR count). The van der Waals surface area contributed by atoms with Crippen LogP contribution in [0.1, 0.15) is 19.5 Å². The van der Waals surface area contributed by atoms with E-state index >= 15 is 0 Å². The van der Waals surface area contributed by atoms with Gasteiger partial charge in [-0.2, -0.15) is 13.5 Å². The molecule has 7 N–H and O–H groups in total. The van der Waals surface area contributed by atoms with Gasteiger partial charge in [0.2, 0.25) is 0 Å². The number of carbonyl (C=O) groups excluding carboxylic acids is 2. The fraction of sp³-hybridized carbons (Fsp3) is 0.385. The van der Waals surface area contributed by atoms with Crippen LogP contribution in [0, 0.1) is 5.92 Å². The highest BCUT2D eigenvalue weighted by molar-refractivity contribution is 7.80. The first-order chi connectivity index (χ1) is 21.7. The zero-order valence-corrected chi connectivity index (χ0v) is 26.0. The predicted molar refractivity (Wildman–Crippen MR) is 163 cm³/mol. The summed E-state index contributed by atoms with van der Waals surface area (Å²) >= 11 is 0.961. The molecule has 0 radical (unpaired) electrons. The molecular formula is C26H30N8O10S2. The molecule has 2 aromatic heterocycles. The lowest BCUT2D eigenvalue weighted by atomic mass is 9.84. The number of nitrogens with zero attached hydrogens (tertiary/aromatic N) is 4. The van der Waals surface area contributed by atoms with Crippen LogP contribution in [0.25, 0.3) is 10.9 Å². The van der Waals surface area contributed by atoms with Gasteiger partial charge in [-0.3, -0.25) is 14.1 Å². The Morgan fingerprint density at radius 1 is 1.26 bits per heavy atom. The van der Waals surface area contributed by atoms with E-state index in [9.17, 15) is 27.9 Å². The minimum atomic E-state index is -5.01. The number of hydrogen-bond acceptors (Lipinski definition) is 15. The molecule has 0 aliphatic carbocycles. The average molecular weight is 679 g/mol. The smallest absolute Gasteiger partial charge is 0.418 e. The molecule has 2 aliphatic heterocycles. The van der Waals surface area contributed by atoms with E-state index in [0.717, 1.165) is 42.2 Å². The second-order valence-electron chi connectivity index (χ2n) is 10.9. The Kier molecular flexibility index (Phi) is 9.26. The fourth-order valence-electron chi connectivity index (χ4n) is 4.49. The SMILES string of the molecule is CC1(C)[C@H](NC(=O)/C(=N\OC(COc2ccc3nc(NCC4CNC4)ccc3c2)C(=O)O)c2csc(N)n2)C(=O)N1OS(=O)(=O)O. The third-order valence-electron chi connectivity index (χ3n) is 7.15. The average Bonchev–Trinajstić information content (AvgIpc) is 3.40. The number of carboxylic acid groups (broad SMARTS) is 1. The summed E-state index contributed by atoms with van der Waals surface area (Å²) in [6, 6.07) is 7.42. The number of fused-ring (bicyclic) bond motifs is 1. The largest absolute Gasteiger partial charge is 0.489 e. The molecule has 0 bridgehead atoms. The number of carbonyl (C=O) groups is 3. The van der Waals surface area contributed by atoms with E-state index in [0.29, 0.717) is 22.2 Å². The predicted octanol–water partition coefficient (Wildman–Crippen LogP) is -0.00230. The number of pyridine rings is 1. The highest BCUT2D eigenvalue weighted by Gasteiger charge is 2.58. The minimum Gasteiger partial charge on any atom is -0.489 e. The van der Waals surface area contributed by atoms with Crippen molar-refractivity contribution in [2.75, 3.05) is 37.3 Å². The monoisotopic (exact) mass is 678 g/mol. The van der Waals surface area contributed by atoms with E-state index in [4.69, 9.17) is 19.9 Å². The van der Waals surface area contributed by atoms with E-state index < -0.39 is 58.2 Å². The van der Waals surface area contributed by atoms with Crippen molar-refractivity contribution in [3.05, 3.63) is 41.4 Å². The van der Waals surface area contributed by atoms with Crippen LogP contribution in [0.15, 0.2) is 40.9 Å². The highest BCUT2D eigenvalue weighted by Crippen LogP contribution is 2.33. The van der Waals surface area contributed by atoms with Crippen molar-refractivity contribution >= 4 is 67.1 Å². The summed E-state index contributed by atoms with van der Waals surface area (Å²) in [5.74, 6) is -1.83. The van der Waals surface area contributed by atoms with Crippen molar-refractivity contribution in [2.45, 2.75) is 31.5 Å². The van der Waals surface area contributed by atoms with Crippen LogP contribution in [-0.4, -0.2) is 101 Å². The second kappa shape index (κ2) is 13.0. The fourth-order valence-corrected chi connectivity index (χ4v) is 5.49. The Balaban J connectivity index is 1.26. The standard InChI is InChI=1S/C26H30N8O10S2/c1-26(2)21(23(36)34(26)44-46(39,40)41)32-22(35)20(17-12-45-25(27)31-17)33-43-18(24(37)38)11-42-15-4-5-16-14(7-15)3-6-19(30-16)29-10-13-8-28-9-13/h3-7,12-13,18,21,28H,8-11H2,1-2H3,(H2,27,31)(H,29,30)(H,32,35)(H,37,38)(H,39,40,41)/b33-20-/t18?,21-/m1/s1. The molecule has 2 saturated heterocycles. The van der Waals surface area contributed by atoms with Crippen molar-refractivity contribution in [2.24, 2.45) is 11.1 Å². The van der Waals surface area contributed by atoms with Crippen LogP contribution in [-0.2, 0) is 33.9 Å². The number of rotatable bonds is 14. The van der Waals surface area contributed by atoms with Gasteiger partial charge >= 0.3 is 16.4 Å². The van der Waals surface area contributed by atoms with Gasteiger partial charge in [-0.15, -0.1) is 15.6 Å². The topological polar surface area (TPSA) is 257 Å². The van der Waals surface area contributed by atoms with E-state index in [1.165, 1.54) is 19.2 Å². The molecular weight excluding hydrogens is 648 g/mol. The molecule has 1 aromatic carbocycles. The number of ether oxygens (including phenoxy) is 1.